The van der Waals surface area contributed by atoms with Crippen molar-refractivity contribution < 1.29 is 0 Å². The van der Waals surface area contributed by atoms with Gasteiger partial charge in [-0.25, -0.2) is 0 Å². The fraction of sp³-hybridized carbons (Fsp3) is 0.857. The smallest absolute Gasteiger partial charge is 0.0345 e. The molecule has 0 heterocycles. The van der Waals surface area contributed by atoms with Crippen LogP contribution in [-0.2, 0) is 0 Å². The highest BCUT2D eigenvalue weighted by atomic mass is 32.2. The number of unbranched alkanes of at least 4 members (excludes halogenated alkanes) is 1. The van der Waals surface area contributed by atoms with Gasteiger partial charge < -0.3 is 16.0 Å². The summed E-state index contributed by atoms with van der Waals surface area (Å²) >= 11 is 2.07. The molecule has 18 heavy (non-hydrogen) atoms. The van der Waals surface area contributed by atoms with Gasteiger partial charge in [-0.05, 0) is 44.4 Å². The first-order valence-corrected chi connectivity index (χ1v) is 8.19. The third kappa shape index (κ3) is 13.9. The summed E-state index contributed by atoms with van der Waals surface area (Å²) < 4.78 is 0. The zero-order valence-corrected chi connectivity index (χ0v) is 13.2. The lowest BCUT2D eigenvalue weighted by Crippen LogP contribution is -2.24. The molecule has 0 saturated heterocycles. The minimum Gasteiger partial charge on any atom is -0.388 e. The maximum atomic E-state index is 3.94. The molecule has 0 radical (unpaired) electrons. The minimum atomic E-state index is 0.617. The SMILES string of the molecule is C=C(CNC)NCCCCSCCCNC(C)C. The van der Waals surface area contributed by atoms with Crippen molar-refractivity contribution in [2.75, 3.05) is 38.2 Å². The predicted octanol–water partition coefficient (Wildman–Crippen LogP) is 2.21. The lowest BCUT2D eigenvalue weighted by Gasteiger charge is -2.09. The molecule has 0 atom stereocenters. The van der Waals surface area contributed by atoms with Crippen molar-refractivity contribution in [2.45, 2.75) is 39.2 Å². The van der Waals surface area contributed by atoms with Crippen LogP contribution in [0.25, 0.3) is 0 Å². The molecule has 108 valence electrons. The maximum Gasteiger partial charge on any atom is 0.0345 e. The largest absolute Gasteiger partial charge is 0.388 e. The van der Waals surface area contributed by atoms with Gasteiger partial charge in [0.1, 0.15) is 0 Å². The molecule has 0 rings (SSSR count). The van der Waals surface area contributed by atoms with Crippen molar-refractivity contribution in [1.29, 1.82) is 0 Å². The van der Waals surface area contributed by atoms with Gasteiger partial charge >= 0.3 is 0 Å². The summed E-state index contributed by atoms with van der Waals surface area (Å²) in [5, 5.41) is 9.86. The van der Waals surface area contributed by atoms with Gasteiger partial charge in [0.2, 0.25) is 0 Å². The first-order valence-electron chi connectivity index (χ1n) is 7.04. The van der Waals surface area contributed by atoms with Crippen LogP contribution in [-0.4, -0.2) is 44.2 Å². The summed E-state index contributed by atoms with van der Waals surface area (Å²) in [4.78, 5) is 0. The summed E-state index contributed by atoms with van der Waals surface area (Å²) in [6, 6.07) is 0.617. The van der Waals surface area contributed by atoms with Crippen LogP contribution < -0.4 is 16.0 Å². The Morgan fingerprint density at radius 1 is 1.11 bits per heavy atom. The molecule has 3 N–H and O–H groups in total. The monoisotopic (exact) mass is 273 g/mol. The van der Waals surface area contributed by atoms with Gasteiger partial charge in [0.25, 0.3) is 0 Å². The zero-order valence-electron chi connectivity index (χ0n) is 12.3. The van der Waals surface area contributed by atoms with E-state index in [0.717, 1.165) is 25.3 Å². The van der Waals surface area contributed by atoms with Crippen molar-refractivity contribution in [2.24, 2.45) is 0 Å². The zero-order chi connectivity index (χ0) is 13.6. The van der Waals surface area contributed by atoms with E-state index in [2.05, 4.69) is 48.1 Å². The number of rotatable bonds is 13. The Labute approximate surface area is 118 Å². The summed E-state index contributed by atoms with van der Waals surface area (Å²) in [7, 11) is 1.94. The Kier molecular flexibility index (Phi) is 13.1. The molecule has 0 aromatic carbocycles. The number of likely N-dealkylation sites (N-methyl/N-ethyl adjacent to an activating group) is 1. The van der Waals surface area contributed by atoms with E-state index in [0.29, 0.717) is 6.04 Å². The van der Waals surface area contributed by atoms with E-state index in [4.69, 9.17) is 0 Å². The third-order valence-corrected chi connectivity index (χ3v) is 3.65. The van der Waals surface area contributed by atoms with E-state index in [9.17, 15) is 0 Å². The first kappa shape index (κ1) is 17.8. The molecule has 0 bridgehead atoms. The topological polar surface area (TPSA) is 36.1 Å². The van der Waals surface area contributed by atoms with Crippen molar-refractivity contribution in [3.63, 3.8) is 0 Å². The van der Waals surface area contributed by atoms with Gasteiger partial charge in [-0.2, -0.15) is 11.8 Å². The van der Waals surface area contributed by atoms with Crippen LogP contribution in [0.5, 0.6) is 0 Å². The second-order valence-corrected chi connectivity index (χ2v) is 6.07. The third-order valence-electron chi connectivity index (χ3n) is 2.50. The van der Waals surface area contributed by atoms with Crippen LogP contribution >= 0.6 is 11.8 Å². The Morgan fingerprint density at radius 3 is 2.50 bits per heavy atom. The molecule has 0 amide bonds. The molecular formula is C14H31N3S. The molecule has 0 saturated carbocycles. The van der Waals surface area contributed by atoms with Gasteiger partial charge in [0, 0.05) is 24.8 Å². The lowest BCUT2D eigenvalue weighted by atomic mass is 10.3. The highest BCUT2D eigenvalue weighted by molar-refractivity contribution is 7.99. The van der Waals surface area contributed by atoms with Crippen molar-refractivity contribution in [3.8, 4) is 0 Å². The molecule has 0 aliphatic heterocycles. The minimum absolute atomic E-state index is 0.617. The molecule has 0 aliphatic carbocycles. The Hall–Kier alpha value is -0.190. The molecule has 3 nitrogen and oxygen atoms in total. The van der Waals surface area contributed by atoms with Gasteiger partial charge in [0.15, 0.2) is 0 Å². The summed E-state index contributed by atoms with van der Waals surface area (Å²) in [5.41, 5.74) is 1.09. The number of hydrogen-bond acceptors (Lipinski definition) is 4. The van der Waals surface area contributed by atoms with E-state index < -0.39 is 0 Å². The fourth-order valence-electron chi connectivity index (χ4n) is 1.54. The van der Waals surface area contributed by atoms with Crippen molar-refractivity contribution >= 4 is 11.8 Å². The molecule has 0 spiro atoms. The molecule has 4 heteroatoms. The van der Waals surface area contributed by atoms with E-state index in [1.807, 2.05) is 7.05 Å². The van der Waals surface area contributed by atoms with Gasteiger partial charge in [-0.15, -0.1) is 0 Å². The molecule has 0 fully saturated rings. The van der Waals surface area contributed by atoms with Crippen LogP contribution in [0.4, 0.5) is 0 Å². The second kappa shape index (κ2) is 13.2. The quantitative estimate of drug-likeness (QED) is 0.450. The highest BCUT2D eigenvalue weighted by Crippen LogP contribution is 2.05. The number of nitrogens with one attached hydrogen (secondary N) is 3. The second-order valence-electron chi connectivity index (χ2n) is 4.84. The predicted molar refractivity (Wildman–Crippen MR) is 85.4 cm³/mol. The van der Waals surface area contributed by atoms with Crippen LogP contribution in [0.2, 0.25) is 0 Å². The van der Waals surface area contributed by atoms with Gasteiger partial charge in [0.05, 0.1) is 0 Å². The molecule has 0 aliphatic rings. The molecular weight excluding hydrogens is 242 g/mol. The lowest BCUT2D eigenvalue weighted by molar-refractivity contribution is 0.585. The summed E-state index contributed by atoms with van der Waals surface area (Å²) in [5.74, 6) is 2.56. The number of hydrogen-bond donors (Lipinski definition) is 3. The average Bonchev–Trinajstić information content (AvgIpc) is 2.31. The van der Waals surface area contributed by atoms with Gasteiger partial charge in [-0.1, -0.05) is 20.4 Å². The standard InChI is InChI=1S/C14H31N3S/c1-13(2)16-9-7-11-18-10-6-5-8-17-14(3)12-15-4/h13,15-17H,3,5-12H2,1-2,4H3. The van der Waals surface area contributed by atoms with Crippen LogP contribution in [0.3, 0.4) is 0 Å². The molecule has 0 aromatic rings. The molecule has 0 unspecified atom stereocenters. The van der Waals surface area contributed by atoms with E-state index in [1.54, 1.807) is 0 Å². The summed E-state index contributed by atoms with van der Waals surface area (Å²) in [6.45, 7) is 11.4. The van der Waals surface area contributed by atoms with E-state index in [1.165, 1.54) is 30.8 Å². The first-order chi connectivity index (χ1) is 8.66. The Bertz CT molecular complexity index is 195. The van der Waals surface area contributed by atoms with Crippen LogP contribution in [0, 0.1) is 0 Å². The number of thioether (sulfide) groups is 1. The Morgan fingerprint density at radius 2 is 1.83 bits per heavy atom. The van der Waals surface area contributed by atoms with E-state index in [-0.39, 0.29) is 0 Å². The maximum absolute atomic E-state index is 3.94. The highest BCUT2D eigenvalue weighted by Gasteiger charge is 1.94. The average molecular weight is 273 g/mol. The summed E-state index contributed by atoms with van der Waals surface area (Å²) in [6.07, 6.45) is 3.81. The van der Waals surface area contributed by atoms with Crippen molar-refractivity contribution in [3.05, 3.63) is 12.3 Å². The Balaban J connectivity index is 3.05. The van der Waals surface area contributed by atoms with Gasteiger partial charge in [-0.3, -0.25) is 0 Å². The van der Waals surface area contributed by atoms with Crippen LogP contribution in [0.1, 0.15) is 33.1 Å². The normalized spacial score (nSPS) is 10.9. The van der Waals surface area contributed by atoms with Crippen molar-refractivity contribution in [1.82, 2.24) is 16.0 Å². The molecule has 0 aromatic heterocycles. The fourth-order valence-corrected chi connectivity index (χ4v) is 2.50. The van der Waals surface area contributed by atoms with E-state index >= 15 is 0 Å². The van der Waals surface area contributed by atoms with Crippen LogP contribution in [0.15, 0.2) is 12.3 Å².